The van der Waals surface area contributed by atoms with Gasteiger partial charge in [0.25, 0.3) is 0 Å². The Labute approximate surface area is 74.8 Å². The molecule has 0 unspecified atom stereocenters. The van der Waals surface area contributed by atoms with E-state index in [1.54, 1.807) is 0 Å². The summed E-state index contributed by atoms with van der Waals surface area (Å²) in [4.78, 5) is 5.95. The first-order valence-corrected chi connectivity index (χ1v) is 3.27. The van der Waals surface area contributed by atoms with Crippen LogP contribution in [0.4, 0.5) is 27.8 Å². The average molecular weight is 213 g/mol. The maximum atomic E-state index is 12.5. The quantitative estimate of drug-likeness (QED) is 0.722. The van der Waals surface area contributed by atoms with Crippen molar-refractivity contribution in [3.63, 3.8) is 0 Å². The number of anilines is 1. The first kappa shape index (κ1) is 10.6. The van der Waals surface area contributed by atoms with Crippen LogP contribution in [0.5, 0.6) is 0 Å². The number of rotatable bonds is 1. The molecule has 14 heavy (non-hydrogen) atoms. The summed E-state index contributed by atoms with van der Waals surface area (Å²) in [6, 6.07) is 0. The van der Waals surface area contributed by atoms with E-state index in [0.717, 1.165) is 0 Å². The molecule has 0 aliphatic heterocycles. The molecular weight excluding hydrogens is 209 g/mol. The molecule has 0 saturated heterocycles. The van der Waals surface area contributed by atoms with Gasteiger partial charge in [-0.2, -0.15) is 22.0 Å². The van der Waals surface area contributed by atoms with Crippen molar-refractivity contribution in [1.82, 2.24) is 9.97 Å². The zero-order chi connectivity index (χ0) is 11.0. The van der Waals surface area contributed by atoms with Gasteiger partial charge in [-0.3, -0.25) is 0 Å². The van der Waals surface area contributed by atoms with Gasteiger partial charge in [0.15, 0.2) is 0 Å². The third-order valence-electron chi connectivity index (χ3n) is 1.35. The van der Waals surface area contributed by atoms with Gasteiger partial charge in [0.1, 0.15) is 11.5 Å². The van der Waals surface area contributed by atoms with Gasteiger partial charge in [-0.1, -0.05) is 0 Å². The summed E-state index contributed by atoms with van der Waals surface area (Å²) in [5, 5.41) is 0. The van der Waals surface area contributed by atoms with E-state index in [-0.39, 0.29) is 5.82 Å². The number of nitrogen functional groups attached to an aromatic ring is 1. The molecule has 1 rings (SSSR count). The van der Waals surface area contributed by atoms with Crippen LogP contribution in [0.25, 0.3) is 0 Å². The largest absolute Gasteiger partial charge is 0.459 e. The Bertz CT molecular complexity index is 317. The monoisotopic (exact) mass is 213 g/mol. The molecule has 2 N–H and O–H groups in total. The number of hydrogen-bond acceptors (Lipinski definition) is 3. The highest BCUT2D eigenvalue weighted by Gasteiger charge is 2.60. The van der Waals surface area contributed by atoms with Crippen LogP contribution in [0, 0.1) is 0 Å². The first-order valence-electron chi connectivity index (χ1n) is 3.27. The number of alkyl halides is 5. The van der Waals surface area contributed by atoms with Crippen molar-refractivity contribution in [2.24, 2.45) is 0 Å². The second kappa shape index (κ2) is 3.03. The number of nitrogens with zero attached hydrogens (tertiary/aromatic N) is 2. The highest BCUT2D eigenvalue weighted by molar-refractivity contribution is 5.24. The molecule has 1 aromatic heterocycles. The van der Waals surface area contributed by atoms with Crippen molar-refractivity contribution in [2.45, 2.75) is 12.1 Å². The summed E-state index contributed by atoms with van der Waals surface area (Å²) < 4.78 is 60.4. The van der Waals surface area contributed by atoms with Gasteiger partial charge < -0.3 is 5.73 Å². The van der Waals surface area contributed by atoms with E-state index in [4.69, 9.17) is 5.73 Å². The van der Waals surface area contributed by atoms with E-state index < -0.39 is 17.8 Å². The molecule has 8 heteroatoms. The number of hydrogen-bond donors (Lipinski definition) is 1. The minimum Gasteiger partial charge on any atom is -0.382 e. The summed E-state index contributed by atoms with van der Waals surface area (Å²) >= 11 is 0. The summed E-state index contributed by atoms with van der Waals surface area (Å²) in [7, 11) is 0. The topological polar surface area (TPSA) is 51.8 Å². The average Bonchev–Trinajstić information content (AvgIpc) is 2.03. The molecule has 78 valence electrons. The molecular formula is C6H4F5N3. The number of aromatic nitrogens is 2. The van der Waals surface area contributed by atoms with Crippen LogP contribution in [0.1, 0.15) is 5.69 Å². The number of nitrogens with two attached hydrogens (primary N) is 1. The van der Waals surface area contributed by atoms with Gasteiger partial charge in [0, 0.05) is 0 Å². The lowest BCUT2D eigenvalue weighted by atomic mass is 10.2. The van der Waals surface area contributed by atoms with Crippen molar-refractivity contribution in [3.8, 4) is 0 Å². The van der Waals surface area contributed by atoms with Crippen molar-refractivity contribution in [3.05, 3.63) is 18.1 Å². The fourth-order valence-electron chi connectivity index (χ4n) is 0.645. The van der Waals surface area contributed by atoms with Gasteiger partial charge in [0.2, 0.25) is 0 Å². The van der Waals surface area contributed by atoms with Crippen LogP contribution in [-0.4, -0.2) is 16.1 Å². The molecule has 0 spiro atoms. The van der Waals surface area contributed by atoms with Crippen LogP contribution in [0.2, 0.25) is 0 Å². The summed E-state index contributed by atoms with van der Waals surface area (Å²) in [5.74, 6) is -5.24. The van der Waals surface area contributed by atoms with E-state index in [2.05, 4.69) is 9.97 Å². The van der Waals surface area contributed by atoms with Crippen LogP contribution in [-0.2, 0) is 5.92 Å². The molecule has 0 saturated carbocycles. The van der Waals surface area contributed by atoms with Crippen LogP contribution >= 0.6 is 0 Å². The molecule has 0 atom stereocenters. The molecule has 3 nitrogen and oxygen atoms in total. The van der Waals surface area contributed by atoms with Gasteiger partial charge in [0.05, 0.1) is 12.4 Å². The second-order valence-corrected chi connectivity index (χ2v) is 2.40. The molecule has 0 fully saturated rings. The zero-order valence-corrected chi connectivity index (χ0v) is 6.52. The molecule has 0 aliphatic carbocycles. The Balaban J connectivity index is 3.10. The Morgan fingerprint density at radius 3 is 1.93 bits per heavy atom. The molecule has 1 heterocycles. The minimum atomic E-state index is -5.68. The summed E-state index contributed by atoms with van der Waals surface area (Å²) in [6.45, 7) is 0. The Hall–Kier alpha value is -1.47. The van der Waals surface area contributed by atoms with Crippen LogP contribution in [0.3, 0.4) is 0 Å². The standard InChI is InChI=1S/C6H4F5N3/c7-5(8,6(9,10)11)3-1-14-4(12)2-13-3/h1-2H,(H2,12,14). The van der Waals surface area contributed by atoms with Gasteiger partial charge >= 0.3 is 12.1 Å². The molecule has 0 amide bonds. The van der Waals surface area contributed by atoms with Crippen LogP contribution < -0.4 is 5.73 Å². The molecule has 1 aromatic rings. The van der Waals surface area contributed by atoms with E-state index >= 15 is 0 Å². The maximum Gasteiger partial charge on any atom is 0.459 e. The van der Waals surface area contributed by atoms with E-state index in [1.165, 1.54) is 0 Å². The SMILES string of the molecule is Nc1cnc(C(F)(F)C(F)(F)F)cn1. The normalized spacial score (nSPS) is 12.9. The lowest BCUT2D eigenvalue weighted by Crippen LogP contribution is -2.34. The minimum absolute atomic E-state index is 0.230. The van der Waals surface area contributed by atoms with Crippen LogP contribution in [0.15, 0.2) is 12.4 Å². The number of halogens is 5. The predicted molar refractivity (Wildman–Crippen MR) is 36.4 cm³/mol. The third kappa shape index (κ3) is 1.73. The van der Waals surface area contributed by atoms with Crippen molar-refractivity contribution < 1.29 is 22.0 Å². The third-order valence-corrected chi connectivity index (χ3v) is 1.35. The first-order chi connectivity index (χ1) is 6.25. The van der Waals surface area contributed by atoms with E-state index in [1.807, 2.05) is 0 Å². The molecule has 0 radical (unpaired) electrons. The van der Waals surface area contributed by atoms with Crippen molar-refractivity contribution in [1.29, 1.82) is 0 Å². The zero-order valence-electron chi connectivity index (χ0n) is 6.52. The summed E-state index contributed by atoms with van der Waals surface area (Å²) in [5.41, 5.74) is 3.51. The second-order valence-electron chi connectivity index (χ2n) is 2.40. The smallest absolute Gasteiger partial charge is 0.382 e. The lowest BCUT2D eigenvalue weighted by molar-refractivity contribution is -0.291. The van der Waals surface area contributed by atoms with Crippen molar-refractivity contribution >= 4 is 5.82 Å². The highest BCUT2D eigenvalue weighted by Crippen LogP contribution is 2.42. The Morgan fingerprint density at radius 1 is 1.00 bits per heavy atom. The Morgan fingerprint density at radius 2 is 1.57 bits per heavy atom. The van der Waals surface area contributed by atoms with Gasteiger partial charge in [-0.15, -0.1) is 0 Å². The van der Waals surface area contributed by atoms with E-state index in [9.17, 15) is 22.0 Å². The predicted octanol–water partition coefficient (Wildman–Crippen LogP) is 1.71. The summed E-state index contributed by atoms with van der Waals surface area (Å²) in [6.07, 6.45) is -4.75. The fourth-order valence-corrected chi connectivity index (χ4v) is 0.645. The highest BCUT2D eigenvalue weighted by atomic mass is 19.4. The molecule has 0 aliphatic rings. The fraction of sp³-hybridized carbons (Fsp3) is 0.333. The Kier molecular flexibility index (Phi) is 2.30. The van der Waals surface area contributed by atoms with E-state index in [0.29, 0.717) is 12.4 Å². The van der Waals surface area contributed by atoms with Gasteiger partial charge in [-0.25, -0.2) is 9.97 Å². The molecule has 0 bridgehead atoms. The maximum absolute atomic E-state index is 12.5. The molecule has 0 aromatic carbocycles. The van der Waals surface area contributed by atoms with Crippen molar-refractivity contribution in [2.75, 3.05) is 5.73 Å². The lowest BCUT2D eigenvalue weighted by Gasteiger charge is -2.18. The van der Waals surface area contributed by atoms with Gasteiger partial charge in [-0.05, 0) is 0 Å².